The van der Waals surface area contributed by atoms with Crippen LogP contribution in [0, 0.1) is 0 Å². The predicted octanol–water partition coefficient (Wildman–Crippen LogP) is 4.32. The highest BCUT2D eigenvalue weighted by Crippen LogP contribution is 2.21. The standard InChI is InChI=1S/C16H19NO/c1-2-3-4-12-18-16-8-7-14-9-11-17-10-5-6-15(14)13-16/h5-11,13H,2-4,12H2,1H3/b6-5-,10-5?,11-9?,14-9?,15-6?,17-10?,17-11?. The molecule has 1 aliphatic rings. The molecule has 0 saturated heterocycles. The van der Waals surface area contributed by atoms with Gasteiger partial charge in [0.2, 0.25) is 0 Å². The molecule has 1 aromatic rings. The van der Waals surface area contributed by atoms with Crippen LogP contribution in [-0.4, -0.2) is 12.8 Å². The van der Waals surface area contributed by atoms with E-state index in [1.165, 1.54) is 24.0 Å². The molecule has 2 rings (SSSR count). The van der Waals surface area contributed by atoms with Crippen LogP contribution >= 0.6 is 0 Å². The molecular formula is C16H19NO. The smallest absolute Gasteiger partial charge is 0.119 e. The van der Waals surface area contributed by atoms with Gasteiger partial charge in [-0.05, 0) is 41.8 Å². The molecule has 1 heterocycles. The van der Waals surface area contributed by atoms with Gasteiger partial charge in [-0.15, -0.1) is 0 Å². The minimum absolute atomic E-state index is 0.799. The maximum absolute atomic E-state index is 5.75. The molecule has 0 N–H and O–H groups in total. The molecule has 94 valence electrons. The van der Waals surface area contributed by atoms with Gasteiger partial charge in [-0.2, -0.15) is 0 Å². The van der Waals surface area contributed by atoms with Crippen molar-refractivity contribution >= 4 is 18.4 Å². The summed E-state index contributed by atoms with van der Waals surface area (Å²) in [4.78, 5) is 4.10. The average molecular weight is 241 g/mol. The van der Waals surface area contributed by atoms with E-state index < -0.39 is 0 Å². The van der Waals surface area contributed by atoms with E-state index in [2.05, 4.69) is 30.1 Å². The summed E-state index contributed by atoms with van der Waals surface area (Å²) >= 11 is 0. The Balaban J connectivity index is 2.05. The third-order valence-electron chi connectivity index (χ3n) is 2.86. The van der Waals surface area contributed by atoms with Crippen molar-refractivity contribution in [3.05, 3.63) is 41.6 Å². The predicted molar refractivity (Wildman–Crippen MR) is 78.0 cm³/mol. The van der Waals surface area contributed by atoms with Crippen molar-refractivity contribution in [3.63, 3.8) is 0 Å². The largest absolute Gasteiger partial charge is 0.494 e. The van der Waals surface area contributed by atoms with Crippen LogP contribution in [0.1, 0.15) is 37.3 Å². The zero-order valence-electron chi connectivity index (χ0n) is 10.8. The number of hydrogen-bond donors (Lipinski definition) is 0. The van der Waals surface area contributed by atoms with E-state index in [9.17, 15) is 0 Å². The minimum atomic E-state index is 0.799. The number of ether oxygens (including phenoxy) is 1. The molecule has 1 aliphatic heterocycles. The first-order chi connectivity index (χ1) is 8.90. The Morgan fingerprint density at radius 3 is 2.94 bits per heavy atom. The molecule has 2 heteroatoms. The second-order valence-corrected chi connectivity index (χ2v) is 4.32. The van der Waals surface area contributed by atoms with Gasteiger partial charge in [0.1, 0.15) is 5.75 Å². The fourth-order valence-corrected chi connectivity index (χ4v) is 1.85. The molecule has 0 aliphatic carbocycles. The summed E-state index contributed by atoms with van der Waals surface area (Å²) in [6.07, 6.45) is 13.2. The van der Waals surface area contributed by atoms with Crippen LogP contribution in [-0.2, 0) is 0 Å². The van der Waals surface area contributed by atoms with Gasteiger partial charge in [0.15, 0.2) is 0 Å². The van der Waals surface area contributed by atoms with E-state index in [-0.39, 0.29) is 0 Å². The Bertz CT molecular complexity index is 472. The summed E-state index contributed by atoms with van der Waals surface area (Å²) in [6.45, 7) is 3.00. The first-order valence-corrected chi connectivity index (χ1v) is 6.53. The van der Waals surface area contributed by atoms with Gasteiger partial charge in [-0.3, -0.25) is 4.99 Å². The van der Waals surface area contributed by atoms with Gasteiger partial charge >= 0.3 is 0 Å². The summed E-state index contributed by atoms with van der Waals surface area (Å²) in [5.41, 5.74) is 2.34. The molecule has 0 saturated carbocycles. The SMILES string of the molecule is CCCCCOc1ccc2c(c1)/C=C\C=NC=C2. The highest BCUT2D eigenvalue weighted by Gasteiger charge is 2.01. The third-order valence-corrected chi connectivity index (χ3v) is 2.86. The number of rotatable bonds is 5. The Hall–Kier alpha value is -1.83. The van der Waals surface area contributed by atoms with Gasteiger partial charge in [0, 0.05) is 12.4 Å². The molecule has 0 amide bonds. The molecule has 2 nitrogen and oxygen atoms in total. The van der Waals surface area contributed by atoms with Crippen LogP contribution in [0.15, 0.2) is 35.5 Å². The van der Waals surface area contributed by atoms with Crippen LogP contribution in [0.25, 0.3) is 12.2 Å². The topological polar surface area (TPSA) is 21.6 Å². The lowest BCUT2D eigenvalue weighted by Gasteiger charge is -2.09. The van der Waals surface area contributed by atoms with Gasteiger partial charge in [0.25, 0.3) is 0 Å². The lowest BCUT2D eigenvalue weighted by molar-refractivity contribution is 0.306. The van der Waals surface area contributed by atoms with Crippen molar-refractivity contribution in [2.45, 2.75) is 26.2 Å². The fourth-order valence-electron chi connectivity index (χ4n) is 1.85. The van der Waals surface area contributed by atoms with E-state index in [1.807, 2.05) is 24.4 Å². The summed E-state index contributed by atoms with van der Waals surface area (Å²) in [6, 6.07) is 6.18. The average Bonchev–Trinajstić information content (AvgIpc) is 2.36. The van der Waals surface area contributed by atoms with E-state index in [0.29, 0.717) is 0 Å². The molecule has 0 bridgehead atoms. The summed E-state index contributed by atoms with van der Waals surface area (Å²) < 4.78 is 5.75. The third kappa shape index (κ3) is 3.59. The van der Waals surface area contributed by atoms with Gasteiger partial charge in [0.05, 0.1) is 6.61 Å². The summed E-state index contributed by atoms with van der Waals surface area (Å²) in [7, 11) is 0. The number of allylic oxidation sites excluding steroid dienone is 1. The zero-order valence-corrected chi connectivity index (χ0v) is 10.8. The number of unbranched alkanes of at least 4 members (excludes halogenated alkanes) is 2. The molecule has 18 heavy (non-hydrogen) atoms. The maximum Gasteiger partial charge on any atom is 0.119 e. The van der Waals surface area contributed by atoms with E-state index in [1.54, 1.807) is 6.21 Å². The van der Waals surface area contributed by atoms with Crippen molar-refractivity contribution in [2.75, 3.05) is 6.61 Å². The second-order valence-electron chi connectivity index (χ2n) is 4.32. The van der Waals surface area contributed by atoms with Crippen LogP contribution in [0.4, 0.5) is 0 Å². The molecule has 0 spiro atoms. The van der Waals surface area contributed by atoms with Gasteiger partial charge in [-0.1, -0.05) is 31.9 Å². The van der Waals surface area contributed by atoms with Crippen LogP contribution in [0.2, 0.25) is 0 Å². The fraction of sp³-hybridized carbons (Fsp3) is 0.312. The Morgan fingerprint density at radius 1 is 1.11 bits per heavy atom. The Kier molecular flexibility index (Phi) is 4.77. The molecule has 0 atom stereocenters. The van der Waals surface area contributed by atoms with Crippen molar-refractivity contribution < 1.29 is 4.74 Å². The first-order valence-electron chi connectivity index (χ1n) is 6.53. The van der Waals surface area contributed by atoms with Crippen LogP contribution < -0.4 is 4.74 Å². The Labute approximate surface area is 109 Å². The van der Waals surface area contributed by atoms with Crippen LogP contribution in [0.3, 0.4) is 0 Å². The normalized spacial score (nSPS) is 14.7. The molecule has 1 aromatic carbocycles. The second kappa shape index (κ2) is 6.80. The van der Waals surface area contributed by atoms with Gasteiger partial charge < -0.3 is 4.74 Å². The molecule has 0 fully saturated rings. The number of fused-ring (bicyclic) bond motifs is 1. The molecule has 0 radical (unpaired) electrons. The number of aliphatic imine (C=N–C) groups is 1. The monoisotopic (exact) mass is 241 g/mol. The number of nitrogens with zero attached hydrogens (tertiary/aromatic N) is 1. The van der Waals surface area contributed by atoms with Crippen molar-refractivity contribution in [1.82, 2.24) is 0 Å². The number of hydrogen-bond acceptors (Lipinski definition) is 2. The van der Waals surface area contributed by atoms with Crippen LogP contribution in [0.5, 0.6) is 5.75 Å². The lowest BCUT2D eigenvalue weighted by Crippen LogP contribution is -1.97. The lowest BCUT2D eigenvalue weighted by atomic mass is 10.1. The minimum Gasteiger partial charge on any atom is -0.494 e. The van der Waals surface area contributed by atoms with Crippen molar-refractivity contribution in [1.29, 1.82) is 0 Å². The molecule has 0 unspecified atom stereocenters. The van der Waals surface area contributed by atoms with E-state index in [0.717, 1.165) is 18.8 Å². The highest BCUT2D eigenvalue weighted by molar-refractivity contribution is 5.82. The summed E-state index contributed by atoms with van der Waals surface area (Å²) in [5, 5.41) is 0. The van der Waals surface area contributed by atoms with Crippen molar-refractivity contribution in [3.8, 4) is 5.75 Å². The van der Waals surface area contributed by atoms with E-state index >= 15 is 0 Å². The first kappa shape index (κ1) is 12.6. The maximum atomic E-state index is 5.75. The highest BCUT2D eigenvalue weighted by atomic mass is 16.5. The quantitative estimate of drug-likeness (QED) is 0.703. The number of benzene rings is 1. The van der Waals surface area contributed by atoms with Crippen molar-refractivity contribution in [2.24, 2.45) is 4.99 Å². The van der Waals surface area contributed by atoms with E-state index in [4.69, 9.17) is 4.74 Å². The zero-order chi connectivity index (χ0) is 12.6. The Morgan fingerprint density at radius 2 is 2.06 bits per heavy atom. The molecule has 0 aromatic heterocycles. The molecular weight excluding hydrogens is 222 g/mol. The summed E-state index contributed by atoms with van der Waals surface area (Å²) in [5.74, 6) is 0.945. The van der Waals surface area contributed by atoms with Gasteiger partial charge in [-0.25, -0.2) is 0 Å².